The molecular formula is C24H29BrN2O. The van der Waals surface area contributed by atoms with Gasteiger partial charge in [-0.3, -0.25) is 4.90 Å². The molecule has 3 nitrogen and oxygen atoms in total. The van der Waals surface area contributed by atoms with Crippen molar-refractivity contribution in [1.82, 2.24) is 9.47 Å². The molecule has 28 heavy (non-hydrogen) atoms. The monoisotopic (exact) mass is 440 g/mol. The minimum absolute atomic E-state index is 0.793. The van der Waals surface area contributed by atoms with E-state index in [4.69, 9.17) is 4.74 Å². The molecule has 0 unspecified atom stereocenters. The van der Waals surface area contributed by atoms with Gasteiger partial charge < -0.3 is 9.30 Å². The van der Waals surface area contributed by atoms with Gasteiger partial charge in [0.25, 0.3) is 0 Å². The van der Waals surface area contributed by atoms with Gasteiger partial charge in [-0.25, -0.2) is 0 Å². The summed E-state index contributed by atoms with van der Waals surface area (Å²) in [4.78, 5) is 2.50. The molecule has 0 amide bonds. The van der Waals surface area contributed by atoms with Crippen LogP contribution in [0.15, 0.2) is 71.3 Å². The molecule has 4 heteroatoms. The van der Waals surface area contributed by atoms with E-state index in [0.717, 1.165) is 43.7 Å². The molecule has 1 aromatic heterocycles. The van der Waals surface area contributed by atoms with Crippen LogP contribution in [0.2, 0.25) is 0 Å². The van der Waals surface area contributed by atoms with Gasteiger partial charge in [0.2, 0.25) is 0 Å². The van der Waals surface area contributed by atoms with E-state index in [1.165, 1.54) is 22.4 Å². The van der Waals surface area contributed by atoms with Crippen LogP contribution < -0.4 is 0 Å². The predicted molar refractivity (Wildman–Crippen MR) is 119 cm³/mol. The van der Waals surface area contributed by atoms with E-state index in [2.05, 4.69) is 99.2 Å². The number of aromatic nitrogens is 1. The Balaban J connectivity index is 1.71. The molecule has 0 atom stereocenters. The minimum atomic E-state index is 0.793. The van der Waals surface area contributed by atoms with Crippen LogP contribution in [0.25, 0.3) is 0 Å². The van der Waals surface area contributed by atoms with Crippen molar-refractivity contribution in [1.29, 1.82) is 0 Å². The Morgan fingerprint density at radius 2 is 1.79 bits per heavy atom. The third-order valence-electron chi connectivity index (χ3n) is 4.89. The zero-order valence-corrected chi connectivity index (χ0v) is 18.4. The second kappa shape index (κ2) is 10.6. The fourth-order valence-electron chi connectivity index (χ4n) is 3.48. The number of halogens is 1. The summed E-state index contributed by atoms with van der Waals surface area (Å²) in [7, 11) is 1.77. The Morgan fingerprint density at radius 1 is 0.964 bits per heavy atom. The Kier molecular flexibility index (Phi) is 7.90. The maximum Gasteiger partial charge on any atom is 0.0474 e. The summed E-state index contributed by atoms with van der Waals surface area (Å²) in [6.07, 6.45) is 3.22. The van der Waals surface area contributed by atoms with E-state index in [9.17, 15) is 0 Å². The highest BCUT2D eigenvalue weighted by atomic mass is 79.9. The van der Waals surface area contributed by atoms with E-state index in [1.54, 1.807) is 7.11 Å². The lowest BCUT2D eigenvalue weighted by Crippen LogP contribution is -2.26. The lowest BCUT2D eigenvalue weighted by atomic mass is 10.1. The maximum atomic E-state index is 5.27. The highest BCUT2D eigenvalue weighted by Crippen LogP contribution is 2.16. The van der Waals surface area contributed by atoms with Crippen LogP contribution in [-0.2, 0) is 24.4 Å². The lowest BCUT2D eigenvalue weighted by Gasteiger charge is -2.23. The summed E-state index contributed by atoms with van der Waals surface area (Å²) < 4.78 is 8.75. The average molecular weight is 441 g/mol. The summed E-state index contributed by atoms with van der Waals surface area (Å²) in [5.74, 6) is 0. The molecule has 3 rings (SSSR count). The number of aryl methyl sites for hydroxylation is 1. The second-order valence-corrected chi connectivity index (χ2v) is 8.22. The number of benzene rings is 2. The molecule has 0 N–H and O–H groups in total. The van der Waals surface area contributed by atoms with Crippen molar-refractivity contribution in [2.24, 2.45) is 0 Å². The van der Waals surface area contributed by atoms with Gasteiger partial charge >= 0.3 is 0 Å². The quantitative estimate of drug-likeness (QED) is 0.379. The molecule has 148 valence electrons. The van der Waals surface area contributed by atoms with Crippen LogP contribution in [0, 0.1) is 6.92 Å². The molecule has 0 radical (unpaired) electrons. The number of ether oxygens (including phenoxy) is 1. The van der Waals surface area contributed by atoms with Crippen LogP contribution in [0.5, 0.6) is 0 Å². The van der Waals surface area contributed by atoms with E-state index in [1.807, 2.05) is 0 Å². The van der Waals surface area contributed by atoms with Gasteiger partial charge in [-0.1, -0.05) is 57.9 Å². The zero-order chi connectivity index (χ0) is 19.8. The van der Waals surface area contributed by atoms with E-state index >= 15 is 0 Å². The molecule has 0 aliphatic heterocycles. The molecule has 0 saturated carbocycles. The molecule has 0 aliphatic carbocycles. The Hall–Kier alpha value is -1.88. The number of rotatable bonds is 10. The van der Waals surface area contributed by atoms with Gasteiger partial charge in [0.15, 0.2) is 0 Å². The third kappa shape index (κ3) is 6.33. The Bertz CT molecular complexity index is 857. The largest absolute Gasteiger partial charge is 0.385 e. The number of methoxy groups -OCH3 is 1. The van der Waals surface area contributed by atoms with Crippen molar-refractivity contribution < 1.29 is 4.74 Å². The zero-order valence-electron chi connectivity index (χ0n) is 16.8. The highest BCUT2D eigenvalue weighted by molar-refractivity contribution is 9.10. The first kappa shape index (κ1) is 20.8. The van der Waals surface area contributed by atoms with Gasteiger partial charge in [-0.05, 0) is 48.7 Å². The molecule has 3 aromatic rings. The molecule has 0 fully saturated rings. The van der Waals surface area contributed by atoms with E-state index < -0.39 is 0 Å². The molecule has 2 aromatic carbocycles. The van der Waals surface area contributed by atoms with Gasteiger partial charge in [-0.2, -0.15) is 0 Å². The van der Waals surface area contributed by atoms with Crippen LogP contribution in [0.3, 0.4) is 0 Å². The first-order valence-corrected chi connectivity index (χ1v) is 10.6. The second-order valence-electron chi connectivity index (χ2n) is 7.30. The summed E-state index contributed by atoms with van der Waals surface area (Å²) >= 11 is 3.52. The average Bonchev–Trinajstić information content (AvgIpc) is 3.10. The number of nitrogens with zero attached hydrogens (tertiary/aromatic N) is 2. The molecular weight excluding hydrogens is 412 g/mol. The molecule has 0 saturated heterocycles. The van der Waals surface area contributed by atoms with Crippen molar-refractivity contribution >= 4 is 15.9 Å². The van der Waals surface area contributed by atoms with Crippen molar-refractivity contribution in [2.75, 3.05) is 20.3 Å². The number of hydrogen-bond acceptors (Lipinski definition) is 2. The maximum absolute atomic E-state index is 5.27. The minimum Gasteiger partial charge on any atom is -0.385 e. The normalized spacial score (nSPS) is 11.3. The molecule has 0 spiro atoms. The molecule has 1 heterocycles. The first-order valence-electron chi connectivity index (χ1n) is 9.79. The summed E-state index contributed by atoms with van der Waals surface area (Å²) in [5.41, 5.74) is 5.33. The van der Waals surface area contributed by atoms with Crippen LogP contribution in [-0.4, -0.2) is 29.7 Å². The highest BCUT2D eigenvalue weighted by Gasteiger charge is 2.11. The van der Waals surface area contributed by atoms with Crippen molar-refractivity contribution in [3.05, 3.63) is 93.7 Å². The van der Waals surface area contributed by atoms with Gasteiger partial charge in [0.05, 0.1) is 0 Å². The summed E-state index contributed by atoms with van der Waals surface area (Å²) in [6.45, 7) is 6.73. The molecule has 0 aliphatic rings. The Labute approximate surface area is 177 Å². The first-order chi connectivity index (χ1) is 13.6. The van der Waals surface area contributed by atoms with Gasteiger partial charge in [-0.15, -0.1) is 0 Å². The fraction of sp³-hybridized carbons (Fsp3) is 0.333. The summed E-state index contributed by atoms with van der Waals surface area (Å²) in [6, 6.07) is 21.8. The SMILES string of the molecule is COCCCN(Cc1ccc(Br)cc1)Cc1cccn1Cc1cccc(C)c1. The lowest BCUT2D eigenvalue weighted by molar-refractivity contribution is 0.165. The predicted octanol–water partition coefficient (Wildman–Crippen LogP) is 5.65. The van der Waals surface area contributed by atoms with Gasteiger partial charge in [0, 0.05) is 56.3 Å². The standard InChI is InChI=1S/C24H29BrN2O/c1-20-6-3-7-22(16-20)18-27-14-4-8-24(27)19-26(13-5-15-28-2)17-21-9-11-23(25)12-10-21/h3-4,6-12,14,16H,5,13,15,17-19H2,1-2H3. The van der Waals surface area contributed by atoms with Crippen molar-refractivity contribution in [3.63, 3.8) is 0 Å². The van der Waals surface area contributed by atoms with Crippen molar-refractivity contribution in [3.8, 4) is 0 Å². The van der Waals surface area contributed by atoms with Crippen molar-refractivity contribution in [2.45, 2.75) is 33.0 Å². The van der Waals surface area contributed by atoms with Crippen LogP contribution in [0.4, 0.5) is 0 Å². The summed E-state index contributed by atoms with van der Waals surface area (Å²) in [5, 5.41) is 0. The number of hydrogen-bond donors (Lipinski definition) is 0. The fourth-order valence-corrected chi connectivity index (χ4v) is 3.74. The topological polar surface area (TPSA) is 17.4 Å². The van der Waals surface area contributed by atoms with E-state index in [0.29, 0.717) is 0 Å². The third-order valence-corrected chi connectivity index (χ3v) is 5.42. The van der Waals surface area contributed by atoms with E-state index in [-0.39, 0.29) is 0 Å². The van der Waals surface area contributed by atoms with Gasteiger partial charge in [0.1, 0.15) is 0 Å². The van der Waals surface area contributed by atoms with Crippen LogP contribution in [0.1, 0.15) is 28.8 Å². The smallest absolute Gasteiger partial charge is 0.0474 e. The molecule has 0 bridgehead atoms. The Morgan fingerprint density at radius 3 is 2.54 bits per heavy atom. The van der Waals surface area contributed by atoms with Crippen LogP contribution >= 0.6 is 15.9 Å².